The van der Waals surface area contributed by atoms with Crippen molar-refractivity contribution in [1.29, 1.82) is 5.26 Å². The molecule has 0 unspecified atom stereocenters. The lowest BCUT2D eigenvalue weighted by Crippen LogP contribution is -2.18. The Hall–Kier alpha value is -4.16. The summed E-state index contributed by atoms with van der Waals surface area (Å²) in [5.41, 5.74) is 3.69. The first kappa shape index (κ1) is 24.9. The molecule has 0 saturated carbocycles. The zero-order chi connectivity index (χ0) is 25.5. The number of benzene rings is 2. The minimum atomic E-state index is -0.268. The summed E-state index contributed by atoms with van der Waals surface area (Å²) in [6.07, 6.45) is 6.18. The molecule has 0 aliphatic rings. The number of thioether (sulfide) groups is 1. The number of hydrogen-bond acceptors (Lipinski definition) is 8. The Kier molecular flexibility index (Phi) is 7.98. The van der Waals surface area contributed by atoms with E-state index in [1.165, 1.54) is 18.9 Å². The molecule has 0 fully saturated rings. The summed E-state index contributed by atoms with van der Waals surface area (Å²) in [4.78, 5) is 25.0. The highest BCUT2D eigenvalue weighted by Gasteiger charge is 2.11. The van der Waals surface area contributed by atoms with Crippen LogP contribution in [0.3, 0.4) is 0 Å². The molecule has 0 aliphatic carbocycles. The molecule has 0 amide bonds. The summed E-state index contributed by atoms with van der Waals surface area (Å²) in [6.45, 7) is 1.99. The van der Waals surface area contributed by atoms with Crippen LogP contribution in [0.4, 0.5) is 0 Å². The fourth-order valence-corrected chi connectivity index (χ4v) is 4.50. The molecule has 0 aliphatic heterocycles. The van der Waals surface area contributed by atoms with Gasteiger partial charge in [0.15, 0.2) is 5.16 Å². The molecule has 8 nitrogen and oxygen atoms in total. The van der Waals surface area contributed by atoms with Gasteiger partial charge in [-0.15, -0.1) is 0 Å². The van der Waals surface area contributed by atoms with Crippen LogP contribution in [0.5, 0.6) is 17.5 Å². The summed E-state index contributed by atoms with van der Waals surface area (Å²) in [6, 6.07) is 15.8. The van der Waals surface area contributed by atoms with Gasteiger partial charge in [-0.1, -0.05) is 30.0 Å². The van der Waals surface area contributed by atoms with E-state index >= 15 is 0 Å². The Labute approximate surface area is 213 Å². The van der Waals surface area contributed by atoms with Crippen molar-refractivity contribution in [2.45, 2.75) is 24.9 Å². The van der Waals surface area contributed by atoms with Gasteiger partial charge in [-0.25, -0.2) is 9.97 Å². The van der Waals surface area contributed by atoms with Gasteiger partial charge in [0.2, 0.25) is 0 Å². The highest BCUT2D eigenvalue weighted by molar-refractivity contribution is 7.99. The van der Waals surface area contributed by atoms with Gasteiger partial charge in [0, 0.05) is 43.4 Å². The lowest BCUT2D eigenvalue weighted by Gasteiger charge is -2.11. The van der Waals surface area contributed by atoms with Crippen molar-refractivity contribution in [3.63, 3.8) is 0 Å². The van der Waals surface area contributed by atoms with Gasteiger partial charge in [0.05, 0.1) is 12.7 Å². The Balaban J connectivity index is 1.38. The quantitative estimate of drug-likeness (QED) is 0.245. The average molecular weight is 500 g/mol. The van der Waals surface area contributed by atoms with Crippen LogP contribution in [0.25, 0.3) is 0 Å². The Bertz CT molecular complexity index is 1460. The molecule has 0 bridgehead atoms. The molecule has 0 N–H and O–H groups in total. The molecule has 36 heavy (non-hydrogen) atoms. The largest absolute Gasteiger partial charge is 0.467 e. The van der Waals surface area contributed by atoms with Crippen molar-refractivity contribution in [1.82, 2.24) is 19.5 Å². The molecular weight excluding hydrogens is 474 g/mol. The summed E-state index contributed by atoms with van der Waals surface area (Å²) in [7, 11) is 3.37. The molecule has 2 aromatic carbocycles. The molecule has 0 saturated heterocycles. The average Bonchev–Trinajstić information content (AvgIpc) is 2.88. The van der Waals surface area contributed by atoms with E-state index in [2.05, 4.69) is 21.0 Å². The number of methoxy groups -OCH3 is 1. The van der Waals surface area contributed by atoms with Crippen LogP contribution in [0.1, 0.15) is 27.8 Å². The van der Waals surface area contributed by atoms with Crippen LogP contribution in [0, 0.1) is 18.3 Å². The maximum absolute atomic E-state index is 12.6. The maximum Gasteiger partial charge on any atom is 0.316 e. The van der Waals surface area contributed by atoms with Crippen molar-refractivity contribution >= 4 is 11.8 Å². The monoisotopic (exact) mass is 499 g/mol. The lowest BCUT2D eigenvalue weighted by molar-refractivity contribution is 0.379. The van der Waals surface area contributed by atoms with E-state index in [0.29, 0.717) is 46.4 Å². The molecule has 2 heterocycles. The third-order valence-electron chi connectivity index (χ3n) is 5.39. The number of nitrogens with zero attached hydrogens (tertiary/aromatic N) is 5. The highest BCUT2D eigenvalue weighted by Crippen LogP contribution is 2.27. The zero-order valence-corrected chi connectivity index (χ0v) is 21.1. The number of aromatic nitrogens is 4. The second-order valence-corrected chi connectivity index (χ2v) is 9.24. The van der Waals surface area contributed by atoms with Crippen LogP contribution >= 0.6 is 11.8 Å². The van der Waals surface area contributed by atoms with E-state index in [-0.39, 0.29) is 11.6 Å². The van der Waals surface area contributed by atoms with E-state index in [0.717, 1.165) is 16.7 Å². The fraction of sp³-hybridized carbons (Fsp3) is 0.222. The van der Waals surface area contributed by atoms with Gasteiger partial charge in [-0.2, -0.15) is 10.2 Å². The number of aryl methyl sites for hydroxylation is 3. The second kappa shape index (κ2) is 11.5. The fourth-order valence-electron chi connectivity index (χ4n) is 3.57. The van der Waals surface area contributed by atoms with Gasteiger partial charge >= 0.3 is 6.01 Å². The molecule has 9 heteroatoms. The van der Waals surface area contributed by atoms with Crippen LogP contribution in [-0.2, 0) is 19.9 Å². The van der Waals surface area contributed by atoms with Crippen LogP contribution in [0.2, 0.25) is 0 Å². The summed E-state index contributed by atoms with van der Waals surface area (Å²) in [5.74, 6) is 1.93. The molecular formula is C27H25N5O3S. The number of rotatable bonds is 9. The molecule has 0 atom stereocenters. The van der Waals surface area contributed by atoms with Crippen molar-refractivity contribution in [2.75, 3.05) is 12.9 Å². The van der Waals surface area contributed by atoms with Crippen molar-refractivity contribution in [3.8, 4) is 23.6 Å². The van der Waals surface area contributed by atoms with Gasteiger partial charge < -0.3 is 14.0 Å². The van der Waals surface area contributed by atoms with Crippen molar-refractivity contribution in [2.24, 2.45) is 7.05 Å². The third kappa shape index (κ3) is 6.29. The molecule has 4 aromatic rings. The third-order valence-corrected chi connectivity index (χ3v) is 6.43. The zero-order valence-electron chi connectivity index (χ0n) is 20.3. The first-order chi connectivity index (χ1) is 17.4. The smallest absolute Gasteiger partial charge is 0.316 e. The summed E-state index contributed by atoms with van der Waals surface area (Å²) < 4.78 is 12.7. The lowest BCUT2D eigenvalue weighted by atomic mass is 10.1. The molecule has 182 valence electrons. The molecule has 0 radical (unpaired) electrons. The normalized spacial score (nSPS) is 10.6. The van der Waals surface area contributed by atoms with Crippen LogP contribution in [0.15, 0.2) is 71.0 Å². The van der Waals surface area contributed by atoms with Gasteiger partial charge in [0.25, 0.3) is 5.56 Å². The number of hydrogen-bond donors (Lipinski definition) is 0. The number of nitriles is 1. The second-order valence-electron chi connectivity index (χ2n) is 8.18. The van der Waals surface area contributed by atoms with E-state index in [4.69, 9.17) is 9.47 Å². The van der Waals surface area contributed by atoms with E-state index in [1.54, 1.807) is 18.6 Å². The summed E-state index contributed by atoms with van der Waals surface area (Å²) >= 11 is 1.49. The first-order valence-electron chi connectivity index (χ1n) is 11.3. The van der Waals surface area contributed by atoms with Gasteiger partial charge in [0.1, 0.15) is 17.6 Å². The minimum absolute atomic E-state index is 0.268. The SMILES string of the molecule is COc1ncc(Cc2cn(C)c(SCCc3ccc(Oc4cccc(C)c4)c(C#N)c3)nc2=O)cn1. The van der Waals surface area contributed by atoms with Crippen molar-refractivity contribution in [3.05, 3.63) is 99.2 Å². The van der Waals surface area contributed by atoms with Crippen LogP contribution in [-0.4, -0.2) is 32.4 Å². The van der Waals surface area contributed by atoms with Crippen LogP contribution < -0.4 is 15.0 Å². The summed E-state index contributed by atoms with van der Waals surface area (Å²) in [5, 5.41) is 10.2. The number of ether oxygens (including phenoxy) is 2. The van der Waals surface area contributed by atoms with E-state index in [9.17, 15) is 10.1 Å². The molecule has 4 rings (SSSR count). The predicted octanol–water partition coefficient (Wildman–Crippen LogP) is 4.48. The maximum atomic E-state index is 12.6. The molecule has 0 spiro atoms. The Morgan fingerprint density at radius 2 is 1.92 bits per heavy atom. The standard InChI is InChI=1S/C27H25N5O3S/c1-18-5-4-6-23(11-18)35-24-8-7-19(12-21(24)14-28)9-10-36-27-31-25(33)22(17-32(27)2)13-20-15-29-26(34-3)30-16-20/h4-8,11-12,15-17H,9-10,13H2,1-3H3. The van der Waals surface area contributed by atoms with E-state index < -0.39 is 0 Å². The molecule has 2 aromatic heterocycles. The predicted molar refractivity (Wildman–Crippen MR) is 138 cm³/mol. The van der Waals surface area contributed by atoms with Gasteiger partial charge in [-0.05, 0) is 54.3 Å². The first-order valence-corrected chi connectivity index (χ1v) is 12.3. The van der Waals surface area contributed by atoms with E-state index in [1.807, 2.05) is 61.0 Å². The van der Waals surface area contributed by atoms with Crippen molar-refractivity contribution < 1.29 is 9.47 Å². The Morgan fingerprint density at radius 3 is 2.64 bits per heavy atom. The Morgan fingerprint density at radius 1 is 1.11 bits per heavy atom. The topological polar surface area (TPSA) is 103 Å². The van der Waals surface area contributed by atoms with Gasteiger partial charge in [-0.3, -0.25) is 4.79 Å². The highest BCUT2D eigenvalue weighted by atomic mass is 32.2. The minimum Gasteiger partial charge on any atom is -0.467 e.